The highest BCUT2D eigenvalue weighted by atomic mass is 16.4. The van der Waals surface area contributed by atoms with Gasteiger partial charge >= 0.3 is 5.97 Å². The zero-order chi connectivity index (χ0) is 20.3. The van der Waals surface area contributed by atoms with E-state index in [-0.39, 0.29) is 11.1 Å². The highest BCUT2D eigenvalue weighted by Gasteiger charge is 2.25. The van der Waals surface area contributed by atoms with E-state index in [9.17, 15) is 9.90 Å². The van der Waals surface area contributed by atoms with Crippen molar-refractivity contribution in [2.75, 3.05) is 13.6 Å². The lowest BCUT2D eigenvalue weighted by Gasteiger charge is -2.35. The van der Waals surface area contributed by atoms with Gasteiger partial charge in [-0.05, 0) is 39.6 Å². The second-order valence-corrected chi connectivity index (χ2v) is 7.64. The summed E-state index contributed by atoms with van der Waals surface area (Å²) < 4.78 is 2.17. The van der Waals surface area contributed by atoms with E-state index in [1.165, 1.54) is 0 Å². The van der Waals surface area contributed by atoms with Gasteiger partial charge in [0.2, 0.25) is 0 Å². The van der Waals surface area contributed by atoms with E-state index in [2.05, 4.69) is 37.3 Å². The molecule has 5 heteroatoms. The van der Waals surface area contributed by atoms with E-state index in [0.717, 1.165) is 35.6 Å². The van der Waals surface area contributed by atoms with Gasteiger partial charge in [0, 0.05) is 23.2 Å². The highest BCUT2D eigenvalue weighted by molar-refractivity contribution is 5.89. The van der Waals surface area contributed by atoms with Crippen LogP contribution < -0.4 is 0 Å². The Kier molecular flexibility index (Phi) is 5.66. The number of imidazole rings is 1. The maximum Gasteiger partial charge on any atom is 0.335 e. The van der Waals surface area contributed by atoms with Crippen molar-refractivity contribution < 1.29 is 9.90 Å². The van der Waals surface area contributed by atoms with Crippen molar-refractivity contribution >= 4 is 5.97 Å². The third-order valence-corrected chi connectivity index (χ3v) is 5.36. The minimum atomic E-state index is -0.922. The van der Waals surface area contributed by atoms with Crippen LogP contribution in [0.3, 0.4) is 0 Å². The summed E-state index contributed by atoms with van der Waals surface area (Å²) in [6, 6.07) is 17.1. The standard InChI is InChI=1S/C23H27N3O2/c1-5-25(4)23(2,3)15-26-16-24-20(17-9-7-6-8-10-17)21(26)18-11-13-19(14-12-18)22(27)28/h6-14,16H,5,15H2,1-4H3,(H,27,28). The molecule has 0 saturated heterocycles. The monoisotopic (exact) mass is 377 g/mol. The van der Waals surface area contributed by atoms with E-state index in [4.69, 9.17) is 4.98 Å². The fraction of sp³-hybridized carbons (Fsp3) is 0.304. The van der Waals surface area contributed by atoms with Crippen LogP contribution in [-0.2, 0) is 6.54 Å². The van der Waals surface area contributed by atoms with Crippen LogP contribution >= 0.6 is 0 Å². The maximum absolute atomic E-state index is 11.2. The minimum absolute atomic E-state index is 0.0564. The second kappa shape index (κ2) is 7.98. The first-order chi connectivity index (χ1) is 13.3. The Labute approximate surface area is 166 Å². The van der Waals surface area contributed by atoms with Gasteiger partial charge in [0.15, 0.2) is 0 Å². The quantitative estimate of drug-likeness (QED) is 0.651. The van der Waals surface area contributed by atoms with Crippen LogP contribution in [0.1, 0.15) is 31.1 Å². The number of carbonyl (C=O) groups is 1. The Morgan fingerprint density at radius 2 is 1.71 bits per heavy atom. The molecule has 0 aliphatic carbocycles. The van der Waals surface area contributed by atoms with E-state index >= 15 is 0 Å². The number of hydrogen-bond acceptors (Lipinski definition) is 3. The van der Waals surface area contributed by atoms with Gasteiger partial charge in [0.25, 0.3) is 0 Å². The van der Waals surface area contributed by atoms with E-state index < -0.39 is 5.97 Å². The van der Waals surface area contributed by atoms with Crippen molar-refractivity contribution in [3.8, 4) is 22.5 Å². The third-order valence-electron chi connectivity index (χ3n) is 5.36. The molecule has 0 bridgehead atoms. The molecule has 1 aromatic heterocycles. The summed E-state index contributed by atoms with van der Waals surface area (Å²) in [5, 5.41) is 9.21. The van der Waals surface area contributed by atoms with Gasteiger partial charge in [-0.25, -0.2) is 9.78 Å². The molecule has 0 aliphatic heterocycles. The van der Waals surface area contributed by atoms with Crippen molar-refractivity contribution in [1.29, 1.82) is 0 Å². The van der Waals surface area contributed by atoms with Crippen LogP contribution in [0.5, 0.6) is 0 Å². The average molecular weight is 377 g/mol. The molecule has 0 spiro atoms. The van der Waals surface area contributed by atoms with Crippen molar-refractivity contribution in [2.45, 2.75) is 32.9 Å². The number of rotatable bonds is 7. The summed E-state index contributed by atoms with van der Waals surface area (Å²) in [4.78, 5) is 18.3. The molecule has 0 aliphatic rings. The molecule has 1 heterocycles. The second-order valence-electron chi connectivity index (χ2n) is 7.64. The molecular formula is C23H27N3O2. The molecule has 0 unspecified atom stereocenters. The normalized spacial score (nSPS) is 11.8. The molecule has 5 nitrogen and oxygen atoms in total. The van der Waals surface area contributed by atoms with Gasteiger partial charge in [-0.1, -0.05) is 49.4 Å². The number of aromatic nitrogens is 2. The van der Waals surface area contributed by atoms with E-state index in [1.54, 1.807) is 12.1 Å². The SMILES string of the molecule is CCN(C)C(C)(C)Cn1cnc(-c2ccccc2)c1-c1ccc(C(=O)O)cc1. The number of carboxylic acids is 1. The van der Waals surface area contributed by atoms with Crippen LogP contribution in [0.4, 0.5) is 0 Å². The molecule has 0 radical (unpaired) electrons. The topological polar surface area (TPSA) is 58.4 Å². The lowest BCUT2D eigenvalue weighted by molar-refractivity contribution is 0.0697. The predicted octanol–water partition coefficient (Wildman–Crippen LogP) is 4.65. The van der Waals surface area contributed by atoms with Crippen LogP contribution in [-0.4, -0.2) is 44.7 Å². The third kappa shape index (κ3) is 3.99. The minimum Gasteiger partial charge on any atom is -0.478 e. The van der Waals surface area contributed by atoms with Crippen molar-refractivity contribution in [3.63, 3.8) is 0 Å². The molecular weight excluding hydrogens is 350 g/mol. The smallest absolute Gasteiger partial charge is 0.335 e. The fourth-order valence-corrected chi connectivity index (χ4v) is 3.35. The van der Waals surface area contributed by atoms with E-state index in [1.807, 2.05) is 48.8 Å². The zero-order valence-electron chi connectivity index (χ0n) is 16.9. The Morgan fingerprint density at radius 1 is 1.07 bits per heavy atom. The molecule has 0 fully saturated rings. The summed E-state index contributed by atoms with van der Waals surface area (Å²) in [5.41, 5.74) is 4.12. The lowest BCUT2D eigenvalue weighted by Crippen LogP contribution is -2.44. The van der Waals surface area contributed by atoms with Crippen molar-refractivity contribution in [1.82, 2.24) is 14.5 Å². The van der Waals surface area contributed by atoms with Gasteiger partial charge in [0.05, 0.1) is 23.3 Å². The summed E-state index contributed by atoms with van der Waals surface area (Å²) >= 11 is 0. The van der Waals surface area contributed by atoms with Crippen LogP contribution in [0.2, 0.25) is 0 Å². The Bertz CT molecular complexity index is 944. The number of carboxylic acid groups (broad SMARTS) is 1. The summed E-state index contributed by atoms with van der Waals surface area (Å²) in [5.74, 6) is -0.922. The van der Waals surface area contributed by atoms with Crippen LogP contribution in [0, 0.1) is 0 Å². The summed E-state index contributed by atoms with van der Waals surface area (Å²) in [6.07, 6.45) is 1.88. The Hall–Kier alpha value is -2.92. The van der Waals surface area contributed by atoms with Gasteiger partial charge in [-0.2, -0.15) is 0 Å². The number of nitrogens with zero attached hydrogens (tertiary/aromatic N) is 3. The maximum atomic E-state index is 11.2. The lowest BCUT2D eigenvalue weighted by atomic mass is 10.0. The van der Waals surface area contributed by atoms with Crippen LogP contribution in [0.15, 0.2) is 60.9 Å². The number of aromatic carboxylic acids is 1. The molecule has 28 heavy (non-hydrogen) atoms. The number of hydrogen-bond donors (Lipinski definition) is 1. The molecule has 1 N–H and O–H groups in total. The van der Waals surface area contributed by atoms with E-state index in [0.29, 0.717) is 0 Å². The molecule has 0 atom stereocenters. The molecule has 2 aromatic carbocycles. The Balaban J connectivity index is 2.11. The first kappa shape index (κ1) is 19.8. The first-order valence-corrected chi connectivity index (χ1v) is 9.49. The van der Waals surface area contributed by atoms with Gasteiger partial charge in [-0.15, -0.1) is 0 Å². The average Bonchev–Trinajstić information content (AvgIpc) is 3.10. The van der Waals surface area contributed by atoms with Crippen LogP contribution in [0.25, 0.3) is 22.5 Å². The molecule has 3 aromatic rings. The summed E-state index contributed by atoms with van der Waals surface area (Å²) in [7, 11) is 2.12. The first-order valence-electron chi connectivity index (χ1n) is 9.49. The molecule has 146 valence electrons. The molecule has 3 rings (SSSR count). The largest absolute Gasteiger partial charge is 0.478 e. The van der Waals surface area contributed by atoms with Gasteiger partial charge in [0.1, 0.15) is 0 Å². The number of benzene rings is 2. The van der Waals surface area contributed by atoms with Gasteiger partial charge < -0.3 is 9.67 Å². The number of likely N-dealkylation sites (N-methyl/N-ethyl adjacent to an activating group) is 1. The van der Waals surface area contributed by atoms with Crippen molar-refractivity contribution in [2.24, 2.45) is 0 Å². The molecule has 0 amide bonds. The zero-order valence-corrected chi connectivity index (χ0v) is 16.9. The molecule has 0 saturated carbocycles. The summed E-state index contributed by atoms with van der Waals surface area (Å²) in [6.45, 7) is 8.31. The Morgan fingerprint density at radius 3 is 2.29 bits per heavy atom. The predicted molar refractivity (Wildman–Crippen MR) is 112 cm³/mol. The fourth-order valence-electron chi connectivity index (χ4n) is 3.35. The van der Waals surface area contributed by atoms with Gasteiger partial charge in [-0.3, -0.25) is 4.90 Å². The highest BCUT2D eigenvalue weighted by Crippen LogP contribution is 2.32. The van der Waals surface area contributed by atoms with Crippen molar-refractivity contribution in [3.05, 3.63) is 66.5 Å².